The maximum atomic E-state index is 11.6. The fourth-order valence-electron chi connectivity index (χ4n) is 2.70. The van der Waals surface area contributed by atoms with Crippen LogP contribution in [-0.2, 0) is 11.2 Å². The fourth-order valence-corrected chi connectivity index (χ4v) is 2.70. The summed E-state index contributed by atoms with van der Waals surface area (Å²) < 4.78 is 0. The van der Waals surface area contributed by atoms with Crippen LogP contribution in [0.5, 0.6) is 0 Å². The second-order valence-corrected chi connectivity index (χ2v) is 5.72. The summed E-state index contributed by atoms with van der Waals surface area (Å²) in [7, 11) is 1.63. The zero-order valence-electron chi connectivity index (χ0n) is 13.6. The van der Waals surface area contributed by atoms with Crippen molar-refractivity contribution in [1.29, 1.82) is 5.26 Å². The number of nitriles is 1. The summed E-state index contributed by atoms with van der Waals surface area (Å²) >= 11 is 0. The number of hydrogen-bond donors (Lipinski definition) is 1. The number of benzene rings is 2. The smallest absolute Gasteiger partial charge is 0.224 e. The standard InChI is InChI=1S/C20H17N3O/c1-13-9-18(16-6-3-14(12-21)4-7-16)23-19-10-15(5-8-17(13)19)11-20(24)22-2/h3-10H,11H2,1-2H3,(H,22,24). The number of amides is 1. The molecule has 0 aliphatic carbocycles. The van der Waals surface area contributed by atoms with Gasteiger partial charge >= 0.3 is 0 Å². The van der Waals surface area contributed by atoms with Gasteiger partial charge in [-0.25, -0.2) is 4.98 Å². The monoisotopic (exact) mass is 315 g/mol. The van der Waals surface area contributed by atoms with Crippen LogP contribution in [0.1, 0.15) is 16.7 Å². The van der Waals surface area contributed by atoms with Crippen LogP contribution in [0.4, 0.5) is 0 Å². The lowest BCUT2D eigenvalue weighted by molar-refractivity contribution is -0.119. The topological polar surface area (TPSA) is 65.8 Å². The van der Waals surface area contributed by atoms with E-state index in [1.54, 1.807) is 19.2 Å². The molecule has 0 radical (unpaired) electrons. The van der Waals surface area contributed by atoms with E-state index >= 15 is 0 Å². The third-order valence-corrected chi connectivity index (χ3v) is 4.03. The molecule has 0 unspecified atom stereocenters. The van der Waals surface area contributed by atoms with E-state index in [4.69, 9.17) is 10.2 Å². The quantitative estimate of drug-likeness (QED) is 0.806. The summed E-state index contributed by atoms with van der Waals surface area (Å²) in [4.78, 5) is 16.3. The Morgan fingerprint density at radius 2 is 1.92 bits per heavy atom. The highest BCUT2D eigenvalue weighted by molar-refractivity contribution is 5.87. The van der Waals surface area contributed by atoms with Gasteiger partial charge in [-0.2, -0.15) is 5.26 Å². The predicted octanol–water partition coefficient (Wildman–Crippen LogP) is 3.37. The Morgan fingerprint density at radius 1 is 1.17 bits per heavy atom. The van der Waals surface area contributed by atoms with Crippen molar-refractivity contribution in [3.63, 3.8) is 0 Å². The lowest BCUT2D eigenvalue weighted by Crippen LogP contribution is -2.19. The Labute approximate surface area is 140 Å². The van der Waals surface area contributed by atoms with Crippen LogP contribution in [0.25, 0.3) is 22.2 Å². The molecule has 0 bridgehead atoms. The Bertz CT molecular complexity index is 953. The lowest BCUT2D eigenvalue weighted by atomic mass is 10.0. The minimum atomic E-state index is -0.0191. The van der Waals surface area contributed by atoms with Gasteiger partial charge in [0.1, 0.15) is 0 Å². The van der Waals surface area contributed by atoms with E-state index in [9.17, 15) is 4.79 Å². The SMILES string of the molecule is CNC(=O)Cc1ccc2c(C)cc(-c3ccc(C#N)cc3)nc2c1. The molecular formula is C20H17N3O. The predicted molar refractivity (Wildman–Crippen MR) is 94.4 cm³/mol. The van der Waals surface area contributed by atoms with Crippen LogP contribution in [0, 0.1) is 18.3 Å². The minimum Gasteiger partial charge on any atom is -0.359 e. The third kappa shape index (κ3) is 3.11. The third-order valence-electron chi connectivity index (χ3n) is 4.03. The molecule has 118 valence electrons. The first-order valence-corrected chi connectivity index (χ1v) is 7.72. The number of rotatable bonds is 3. The van der Waals surface area contributed by atoms with E-state index in [2.05, 4.69) is 18.3 Å². The van der Waals surface area contributed by atoms with Crippen molar-refractivity contribution in [2.45, 2.75) is 13.3 Å². The van der Waals surface area contributed by atoms with E-state index in [1.807, 2.05) is 36.4 Å². The molecule has 4 nitrogen and oxygen atoms in total. The molecule has 0 aliphatic heterocycles. The number of aromatic nitrogens is 1. The molecule has 3 aromatic rings. The summed E-state index contributed by atoms with van der Waals surface area (Å²) in [6, 6.07) is 17.5. The number of aryl methyl sites for hydroxylation is 1. The zero-order chi connectivity index (χ0) is 17.1. The summed E-state index contributed by atoms with van der Waals surface area (Å²) in [6.45, 7) is 2.05. The van der Waals surface area contributed by atoms with E-state index in [1.165, 1.54) is 0 Å². The second-order valence-electron chi connectivity index (χ2n) is 5.72. The van der Waals surface area contributed by atoms with Crippen molar-refractivity contribution in [2.24, 2.45) is 0 Å². The number of nitrogens with one attached hydrogen (secondary N) is 1. The zero-order valence-corrected chi connectivity index (χ0v) is 13.6. The van der Waals surface area contributed by atoms with Crippen LogP contribution >= 0.6 is 0 Å². The maximum absolute atomic E-state index is 11.6. The molecule has 1 aromatic heterocycles. The van der Waals surface area contributed by atoms with E-state index in [0.29, 0.717) is 12.0 Å². The molecule has 0 atom stereocenters. The summed E-state index contributed by atoms with van der Waals surface area (Å²) in [5.74, 6) is -0.0191. The van der Waals surface area contributed by atoms with Crippen molar-refractivity contribution >= 4 is 16.8 Å². The van der Waals surface area contributed by atoms with Gasteiger partial charge in [-0.05, 0) is 42.3 Å². The average Bonchev–Trinajstić information content (AvgIpc) is 2.61. The maximum Gasteiger partial charge on any atom is 0.224 e. The van der Waals surface area contributed by atoms with Crippen molar-refractivity contribution in [2.75, 3.05) is 7.05 Å². The van der Waals surface area contributed by atoms with Gasteiger partial charge in [0.15, 0.2) is 0 Å². The Hall–Kier alpha value is -3.19. The van der Waals surface area contributed by atoms with Crippen LogP contribution < -0.4 is 5.32 Å². The highest BCUT2D eigenvalue weighted by Gasteiger charge is 2.08. The first-order valence-electron chi connectivity index (χ1n) is 7.72. The molecule has 1 amide bonds. The number of hydrogen-bond acceptors (Lipinski definition) is 3. The molecule has 4 heteroatoms. The van der Waals surface area contributed by atoms with Crippen LogP contribution in [-0.4, -0.2) is 17.9 Å². The highest BCUT2D eigenvalue weighted by Crippen LogP contribution is 2.25. The van der Waals surface area contributed by atoms with Gasteiger partial charge < -0.3 is 5.32 Å². The number of likely N-dealkylation sites (N-methyl/N-ethyl adjacent to an activating group) is 1. The number of fused-ring (bicyclic) bond motifs is 1. The van der Waals surface area contributed by atoms with Gasteiger partial charge in [-0.3, -0.25) is 4.79 Å². The molecule has 1 heterocycles. The largest absolute Gasteiger partial charge is 0.359 e. The van der Waals surface area contributed by atoms with E-state index in [-0.39, 0.29) is 5.91 Å². The minimum absolute atomic E-state index is 0.0191. The summed E-state index contributed by atoms with van der Waals surface area (Å²) in [5, 5.41) is 12.6. The highest BCUT2D eigenvalue weighted by atomic mass is 16.1. The molecule has 0 fully saturated rings. The molecule has 0 saturated carbocycles. The molecular weight excluding hydrogens is 298 g/mol. The molecule has 0 aliphatic rings. The Kier molecular flexibility index (Phi) is 4.26. The van der Waals surface area contributed by atoms with Crippen LogP contribution in [0.15, 0.2) is 48.5 Å². The number of carbonyl (C=O) groups is 1. The van der Waals surface area contributed by atoms with Gasteiger partial charge in [-0.15, -0.1) is 0 Å². The molecule has 0 spiro atoms. The number of carbonyl (C=O) groups excluding carboxylic acids is 1. The van der Waals surface area contributed by atoms with Crippen LogP contribution in [0.3, 0.4) is 0 Å². The molecule has 24 heavy (non-hydrogen) atoms. The second kappa shape index (κ2) is 6.51. The van der Waals surface area contributed by atoms with Gasteiger partial charge in [-0.1, -0.05) is 24.3 Å². The summed E-state index contributed by atoms with van der Waals surface area (Å²) in [5.41, 5.74) is 5.40. The van der Waals surface area contributed by atoms with Crippen LogP contribution in [0.2, 0.25) is 0 Å². The molecule has 2 aromatic carbocycles. The molecule has 0 saturated heterocycles. The Morgan fingerprint density at radius 3 is 2.58 bits per heavy atom. The van der Waals surface area contributed by atoms with Crippen molar-refractivity contribution in [3.05, 3.63) is 65.2 Å². The molecule has 1 N–H and O–H groups in total. The van der Waals surface area contributed by atoms with Gasteiger partial charge in [0, 0.05) is 18.0 Å². The van der Waals surface area contributed by atoms with E-state index in [0.717, 1.165) is 33.3 Å². The average molecular weight is 315 g/mol. The van der Waals surface area contributed by atoms with E-state index < -0.39 is 0 Å². The normalized spacial score (nSPS) is 10.4. The first kappa shape index (κ1) is 15.7. The van der Waals surface area contributed by atoms with Crippen molar-refractivity contribution in [3.8, 4) is 17.3 Å². The fraction of sp³-hybridized carbons (Fsp3) is 0.150. The first-order chi connectivity index (χ1) is 11.6. The summed E-state index contributed by atoms with van der Waals surface area (Å²) in [6.07, 6.45) is 0.342. The van der Waals surface area contributed by atoms with Crippen molar-refractivity contribution < 1.29 is 4.79 Å². The Balaban J connectivity index is 2.06. The number of pyridine rings is 1. The number of nitrogens with zero attached hydrogens (tertiary/aromatic N) is 2. The van der Waals surface area contributed by atoms with Gasteiger partial charge in [0.2, 0.25) is 5.91 Å². The van der Waals surface area contributed by atoms with Gasteiger partial charge in [0.05, 0.1) is 29.3 Å². The van der Waals surface area contributed by atoms with Gasteiger partial charge in [0.25, 0.3) is 0 Å². The lowest BCUT2D eigenvalue weighted by Gasteiger charge is -2.09. The molecule has 3 rings (SSSR count). The van der Waals surface area contributed by atoms with Crippen molar-refractivity contribution in [1.82, 2.24) is 10.3 Å².